The highest BCUT2D eigenvalue weighted by Gasteiger charge is 2.48. The van der Waals surface area contributed by atoms with E-state index in [-0.39, 0.29) is 54.9 Å². The summed E-state index contributed by atoms with van der Waals surface area (Å²) in [6.07, 6.45) is -0.353. The average Bonchev–Trinajstić information content (AvgIpc) is 3.43. The fourth-order valence-corrected chi connectivity index (χ4v) is 4.28. The highest BCUT2D eigenvalue weighted by molar-refractivity contribution is 6.08. The molecule has 0 saturated carbocycles. The fourth-order valence-electron chi connectivity index (χ4n) is 4.28. The molecule has 11 heteroatoms. The van der Waals surface area contributed by atoms with Crippen molar-refractivity contribution in [2.75, 3.05) is 6.61 Å². The van der Waals surface area contributed by atoms with Crippen LogP contribution in [0.4, 0.5) is 5.69 Å². The Hall–Kier alpha value is -5.42. The van der Waals surface area contributed by atoms with Crippen molar-refractivity contribution in [1.82, 2.24) is 0 Å². The summed E-state index contributed by atoms with van der Waals surface area (Å²) in [5.74, 6) is -2.18. The molecule has 0 amide bonds. The Labute approximate surface area is 247 Å². The van der Waals surface area contributed by atoms with Crippen LogP contribution >= 0.6 is 0 Å². The highest BCUT2D eigenvalue weighted by Crippen LogP contribution is 2.41. The second-order valence-electron chi connectivity index (χ2n) is 9.51. The summed E-state index contributed by atoms with van der Waals surface area (Å²) in [6, 6.07) is 27.8. The van der Waals surface area contributed by atoms with Crippen molar-refractivity contribution in [3.63, 3.8) is 0 Å². The number of nitro groups is 1. The molecule has 0 saturated heterocycles. The molecule has 220 valence electrons. The van der Waals surface area contributed by atoms with Gasteiger partial charge >= 0.3 is 11.8 Å². The number of carbonyl (C=O) groups excluding carboxylic acids is 1. The van der Waals surface area contributed by atoms with Crippen molar-refractivity contribution in [3.05, 3.63) is 124 Å². The smallest absolute Gasteiger partial charge is 0.382 e. The first kappa shape index (κ1) is 29.1. The Morgan fingerprint density at radius 2 is 1.51 bits per heavy atom. The van der Waals surface area contributed by atoms with Crippen LogP contribution in [0.15, 0.2) is 102 Å². The van der Waals surface area contributed by atoms with Crippen LogP contribution in [0.3, 0.4) is 0 Å². The third-order valence-electron chi connectivity index (χ3n) is 6.40. The number of ether oxygens (including phenoxy) is 4. The third-order valence-corrected chi connectivity index (χ3v) is 6.40. The van der Waals surface area contributed by atoms with Gasteiger partial charge in [0.05, 0.1) is 23.5 Å². The van der Waals surface area contributed by atoms with Gasteiger partial charge in [-0.2, -0.15) is 0 Å². The van der Waals surface area contributed by atoms with Crippen LogP contribution in [0, 0.1) is 10.1 Å². The molecule has 0 spiro atoms. The van der Waals surface area contributed by atoms with E-state index in [1.807, 2.05) is 60.7 Å². The number of aliphatic hydroxyl groups is 1. The number of rotatable bonds is 12. The van der Waals surface area contributed by atoms with Crippen LogP contribution in [0.5, 0.6) is 23.0 Å². The summed E-state index contributed by atoms with van der Waals surface area (Å²) in [5, 5.41) is 26.1. The number of benzene rings is 4. The first-order valence-corrected chi connectivity index (χ1v) is 13.4. The van der Waals surface area contributed by atoms with Crippen LogP contribution in [0.25, 0.3) is 0 Å². The number of nitro benzene ring substituents is 1. The van der Waals surface area contributed by atoms with E-state index in [0.717, 1.165) is 11.1 Å². The van der Waals surface area contributed by atoms with Gasteiger partial charge in [0.25, 0.3) is 5.69 Å². The van der Waals surface area contributed by atoms with Gasteiger partial charge < -0.3 is 28.9 Å². The lowest BCUT2D eigenvalue weighted by molar-refractivity contribution is -0.384. The summed E-state index contributed by atoms with van der Waals surface area (Å²) < 4.78 is 23.5. The second-order valence-corrected chi connectivity index (χ2v) is 9.51. The largest absolute Gasteiger partial charge is 0.489 e. The van der Waals surface area contributed by atoms with Gasteiger partial charge in [-0.1, -0.05) is 65.8 Å². The standard InChI is InChI=1S/C32H28N2O9/c1-2-39-31(35)32(36)19-27(33-43-32)30-28(41-21-23-11-7-4-8-12-23)17-26(40-20-22-9-5-3-6-10-22)18-29(30)42-25-15-13-24(14-16-25)34(37)38/h3-18,36H,2,19-21H2,1H3. The summed E-state index contributed by atoms with van der Waals surface area (Å²) in [7, 11) is 0. The fraction of sp³-hybridized carbons (Fsp3) is 0.188. The molecule has 4 aromatic carbocycles. The van der Waals surface area contributed by atoms with E-state index < -0.39 is 16.7 Å². The molecular formula is C32H28N2O9. The zero-order chi connectivity index (χ0) is 30.2. The molecule has 1 aliphatic heterocycles. The van der Waals surface area contributed by atoms with Crippen LogP contribution in [-0.4, -0.2) is 34.1 Å². The van der Waals surface area contributed by atoms with E-state index in [9.17, 15) is 20.0 Å². The van der Waals surface area contributed by atoms with Gasteiger partial charge in [-0.3, -0.25) is 10.1 Å². The molecule has 4 aromatic rings. The first-order valence-electron chi connectivity index (χ1n) is 13.4. The van der Waals surface area contributed by atoms with Gasteiger partial charge in [0.15, 0.2) is 0 Å². The van der Waals surface area contributed by atoms with Crippen molar-refractivity contribution in [1.29, 1.82) is 0 Å². The zero-order valence-corrected chi connectivity index (χ0v) is 23.2. The molecule has 43 heavy (non-hydrogen) atoms. The Balaban J connectivity index is 1.55. The van der Waals surface area contributed by atoms with Gasteiger partial charge in [0.1, 0.15) is 41.9 Å². The average molecular weight is 585 g/mol. The lowest BCUT2D eigenvalue weighted by atomic mass is 10.0. The van der Waals surface area contributed by atoms with E-state index in [0.29, 0.717) is 11.3 Å². The Morgan fingerprint density at radius 3 is 2.12 bits per heavy atom. The van der Waals surface area contributed by atoms with E-state index in [2.05, 4.69) is 5.16 Å². The zero-order valence-electron chi connectivity index (χ0n) is 23.2. The van der Waals surface area contributed by atoms with E-state index in [1.165, 1.54) is 24.3 Å². The predicted molar refractivity (Wildman–Crippen MR) is 155 cm³/mol. The van der Waals surface area contributed by atoms with Gasteiger partial charge in [0.2, 0.25) is 0 Å². The molecule has 1 atom stereocenters. The van der Waals surface area contributed by atoms with Gasteiger partial charge in [-0.25, -0.2) is 4.79 Å². The molecule has 0 radical (unpaired) electrons. The number of carbonyl (C=O) groups is 1. The summed E-state index contributed by atoms with van der Waals surface area (Å²) in [5.41, 5.74) is 2.16. The maximum absolute atomic E-state index is 12.5. The van der Waals surface area contributed by atoms with Crippen molar-refractivity contribution in [2.24, 2.45) is 5.16 Å². The number of oxime groups is 1. The van der Waals surface area contributed by atoms with E-state index >= 15 is 0 Å². The van der Waals surface area contributed by atoms with Gasteiger partial charge in [-0.05, 0) is 30.2 Å². The maximum Gasteiger partial charge on any atom is 0.382 e. The molecule has 0 fully saturated rings. The van der Waals surface area contributed by atoms with E-state index in [1.54, 1.807) is 19.1 Å². The molecule has 11 nitrogen and oxygen atoms in total. The number of esters is 1. The number of non-ortho nitro benzene ring substituents is 1. The van der Waals surface area contributed by atoms with Crippen LogP contribution in [0.1, 0.15) is 30.0 Å². The molecule has 0 aromatic heterocycles. The highest BCUT2D eigenvalue weighted by atomic mass is 16.8. The SMILES string of the molecule is CCOC(=O)C1(O)CC(c2c(OCc3ccccc3)cc(OCc3ccccc3)cc2Oc2ccc([N+](=O)[O-])cc2)=NO1. The van der Waals surface area contributed by atoms with Crippen LogP contribution in [0.2, 0.25) is 0 Å². The monoisotopic (exact) mass is 584 g/mol. The Kier molecular flexibility index (Phi) is 8.82. The van der Waals surface area contributed by atoms with Gasteiger partial charge in [-0.15, -0.1) is 0 Å². The lowest BCUT2D eigenvalue weighted by Crippen LogP contribution is -2.40. The Bertz CT molecular complexity index is 1610. The van der Waals surface area contributed by atoms with Crippen LogP contribution < -0.4 is 14.2 Å². The Morgan fingerprint density at radius 1 is 0.907 bits per heavy atom. The molecule has 1 heterocycles. The van der Waals surface area contributed by atoms with Crippen molar-refractivity contribution >= 4 is 17.4 Å². The molecule has 0 aliphatic carbocycles. The van der Waals surface area contributed by atoms with E-state index in [4.69, 9.17) is 23.8 Å². The molecule has 1 N–H and O–H groups in total. The molecule has 1 unspecified atom stereocenters. The minimum atomic E-state index is -2.34. The summed E-state index contributed by atoms with van der Waals surface area (Å²) in [6.45, 7) is 2.07. The minimum absolute atomic E-state index is 0.0349. The van der Waals surface area contributed by atoms with Crippen molar-refractivity contribution in [2.45, 2.75) is 32.3 Å². The minimum Gasteiger partial charge on any atom is -0.489 e. The maximum atomic E-state index is 12.5. The molecule has 1 aliphatic rings. The summed E-state index contributed by atoms with van der Waals surface area (Å²) >= 11 is 0. The normalized spacial score (nSPS) is 15.6. The number of hydrogen-bond acceptors (Lipinski definition) is 10. The topological polar surface area (TPSA) is 139 Å². The lowest BCUT2D eigenvalue weighted by Gasteiger charge is -2.19. The summed E-state index contributed by atoms with van der Waals surface area (Å²) in [4.78, 5) is 28.3. The van der Waals surface area contributed by atoms with Crippen molar-refractivity contribution < 1.29 is 38.6 Å². The first-order chi connectivity index (χ1) is 20.8. The number of hydrogen-bond donors (Lipinski definition) is 1. The molecule has 5 rings (SSSR count). The number of nitrogens with zero attached hydrogens (tertiary/aromatic N) is 2. The van der Waals surface area contributed by atoms with Crippen molar-refractivity contribution in [3.8, 4) is 23.0 Å². The quantitative estimate of drug-likeness (QED) is 0.122. The third kappa shape index (κ3) is 7.08. The van der Waals surface area contributed by atoms with Crippen LogP contribution in [-0.2, 0) is 27.6 Å². The molecule has 0 bridgehead atoms. The van der Waals surface area contributed by atoms with Gasteiger partial charge in [0, 0.05) is 24.3 Å². The predicted octanol–water partition coefficient (Wildman–Crippen LogP) is 5.92. The molecular weight excluding hydrogens is 556 g/mol. The second kappa shape index (κ2) is 13.0.